The number of allylic oxidation sites excluding steroid dienone is 1. The number of fused-ring (bicyclic) bond motifs is 4. The van der Waals surface area contributed by atoms with Crippen LogP contribution in [0.15, 0.2) is 97.6 Å². The number of amides is 2. The van der Waals surface area contributed by atoms with Crippen LogP contribution in [0.3, 0.4) is 0 Å². The highest BCUT2D eigenvalue weighted by atomic mass is 35.5. The van der Waals surface area contributed by atoms with Gasteiger partial charge in [0.05, 0.1) is 45.7 Å². The van der Waals surface area contributed by atoms with Crippen LogP contribution in [-0.4, -0.2) is 126 Å². The second kappa shape index (κ2) is 23.6. The molecule has 2 aromatic heterocycles. The molecule has 0 radical (unpaired) electrons. The highest BCUT2D eigenvalue weighted by molar-refractivity contribution is 6.31. The van der Waals surface area contributed by atoms with Crippen molar-refractivity contribution >= 4 is 103 Å². The number of hydrogen-bond donors (Lipinski definition) is 4. The van der Waals surface area contributed by atoms with Crippen LogP contribution in [0.25, 0.3) is 21.8 Å². The first-order valence-electron chi connectivity index (χ1n) is 24.5. The number of anilines is 6. The summed E-state index contributed by atoms with van der Waals surface area (Å²) in [5.74, 6) is 5.24. The second-order valence-electron chi connectivity index (χ2n) is 19.6. The van der Waals surface area contributed by atoms with E-state index < -0.39 is 11.6 Å². The zero-order valence-electron chi connectivity index (χ0n) is 41.4. The van der Waals surface area contributed by atoms with Crippen LogP contribution in [0.2, 0.25) is 10.0 Å². The van der Waals surface area contributed by atoms with Crippen molar-refractivity contribution in [3.8, 4) is 11.5 Å². The van der Waals surface area contributed by atoms with E-state index in [1.54, 1.807) is 42.5 Å². The van der Waals surface area contributed by atoms with Crippen LogP contribution in [-0.2, 0) is 9.59 Å². The number of benzene rings is 4. The third-order valence-electron chi connectivity index (χ3n) is 14.0. The molecule has 0 spiro atoms. The van der Waals surface area contributed by atoms with Gasteiger partial charge in [-0.05, 0) is 125 Å². The van der Waals surface area contributed by atoms with E-state index in [0.717, 1.165) is 62.7 Å². The minimum atomic E-state index is -0.506. The van der Waals surface area contributed by atoms with Gasteiger partial charge in [-0.15, -0.1) is 11.6 Å². The molecule has 4 aromatic carbocycles. The van der Waals surface area contributed by atoms with Gasteiger partial charge >= 0.3 is 0 Å². The van der Waals surface area contributed by atoms with Crippen molar-refractivity contribution < 1.29 is 27.8 Å². The first-order valence-corrected chi connectivity index (χ1v) is 25.8. The van der Waals surface area contributed by atoms with E-state index in [9.17, 15) is 18.4 Å². The van der Waals surface area contributed by atoms with E-state index in [2.05, 4.69) is 65.1 Å². The normalized spacial score (nSPS) is 20.9. The lowest BCUT2D eigenvalue weighted by atomic mass is 10.1. The van der Waals surface area contributed by atoms with Crippen LogP contribution < -0.4 is 30.7 Å². The van der Waals surface area contributed by atoms with Gasteiger partial charge in [0.1, 0.15) is 47.4 Å². The van der Waals surface area contributed by atoms with Crippen molar-refractivity contribution in [3.05, 3.63) is 119 Å². The van der Waals surface area contributed by atoms with Gasteiger partial charge in [-0.1, -0.05) is 35.4 Å². The Hall–Kier alpha value is -6.21. The summed E-state index contributed by atoms with van der Waals surface area (Å²) < 4.78 is 39.6. The predicted octanol–water partition coefficient (Wildman–Crippen LogP) is 10.3. The van der Waals surface area contributed by atoms with Crippen LogP contribution in [0, 0.1) is 47.1 Å². The molecule has 4 atom stereocenters. The predicted molar refractivity (Wildman–Crippen MR) is 289 cm³/mol. The summed E-state index contributed by atoms with van der Waals surface area (Å²) in [7, 11) is 8.21. The summed E-state index contributed by atoms with van der Waals surface area (Å²) in [6, 6.07) is 15.9. The van der Waals surface area contributed by atoms with Crippen LogP contribution in [0.5, 0.6) is 11.5 Å². The molecule has 2 saturated heterocycles. The molecule has 4 heterocycles. The Morgan fingerprint density at radius 2 is 1.09 bits per heavy atom. The number of nitrogens with one attached hydrogen (secondary N) is 4. The molecule has 2 amide bonds. The molecule has 6 aromatic rings. The molecule has 4 N–H and O–H groups in total. The van der Waals surface area contributed by atoms with Crippen LogP contribution in [0.1, 0.15) is 12.8 Å². The van der Waals surface area contributed by atoms with Gasteiger partial charge < -0.3 is 45.4 Å². The van der Waals surface area contributed by atoms with Gasteiger partial charge in [0.25, 0.3) is 0 Å². The Balaban J connectivity index is 0.000000182. The standard InChI is InChI=1S/C28H32ClFN6O2.C26H26Cl2FN5O2/c1-35(2)9-4-5-27(37)34-25-12-19-24(13-26(25)38-10-8-18-20-14-36(3)15-21(18)20)31-16-32-28(19)33-17-6-7-23(30)22(29)11-17;1-34-12-18-16(19(18)13-34)6-8-36-24-11-22-17(10-23(24)33-25(35)3-2-7-27)26(31-14-30-22)32-15-4-5-21(29)20(28)9-15/h4-7,11-13,16,18,20-21H,8-10,14-15H2,1-3H3,(H,34,37)(H,31,32,33);2-5,9-11,14,16,18-19H,6-8,12-13H2,1H3,(H,33,35)(H,30,31,32)/b5-4+;3-2+. The van der Waals surface area contributed by atoms with E-state index in [4.69, 9.17) is 44.3 Å². The average Bonchev–Trinajstić information content (AvgIpc) is 4.04. The van der Waals surface area contributed by atoms with Crippen molar-refractivity contribution in [2.24, 2.45) is 35.5 Å². The number of nitrogens with zero attached hydrogens (tertiary/aromatic N) is 7. The highest BCUT2D eigenvalue weighted by Crippen LogP contribution is 2.54. The summed E-state index contributed by atoms with van der Waals surface area (Å²) >= 11 is 17.6. The lowest BCUT2D eigenvalue weighted by Gasteiger charge is -2.16. The number of hydrogen-bond acceptors (Lipinski definition) is 13. The SMILES string of the molecule is CN(C)C/C=C/C(=O)Nc1cc2c(Nc3ccc(F)c(Cl)c3)ncnc2cc1OCCC1C2CN(C)CC12.CN1CC2C(CCOc3cc4ncnc(Nc5ccc(F)c(Cl)c5)c4cc3NC(=O)/C=C/CCl)C2C1. The van der Waals surface area contributed by atoms with E-state index in [1.165, 1.54) is 49.1 Å². The fourth-order valence-corrected chi connectivity index (χ4v) is 10.7. The molecular formula is C54H58Cl3F2N11O4. The zero-order chi connectivity index (χ0) is 52.0. The number of likely N-dealkylation sites (tertiary alicyclic amines) is 2. The molecule has 4 fully saturated rings. The number of rotatable bonds is 19. The van der Waals surface area contributed by atoms with E-state index >= 15 is 0 Å². The van der Waals surface area contributed by atoms with Crippen molar-refractivity contribution in [2.75, 3.05) is 101 Å². The largest absolute Gasteiger partial charge is 0.491 e. The van der Waals surface area contributed by atoms with Crippen molar-refractivity contribution in [2.45, 2.75) is 12.8 Å². The molecule has 4 unspecified atom stereocenters. The lowest BCUT2D eigenvalue weighted by Crippen LogP contribution is -2.19. The minimum Gasteiger partial charge on any atom is -0.491 e. The average molecular weight is 1070 g/mol. The molecule has 10 rings (SSSR count). The fraction of sp³-hybridized carbons (Fsp3) is 0.370. The Kier molecular flexibility index (Phi) is 16.8. The Morgan fingerprint density at radius 3 is 1.50 bits per heavy atom. The Labute approximate surface area is 443 Å². The monoisotopic (exact) mass is 1070 g/mol. The highest BCUT2D eigenvalue weighted by Gasteiger charge is 2.54. The van der Waals surface area contributed by atoms with Gasteiger partial charge in [-0.25, -0.2) is 28.7 Å². The number of likely N-dealkylation sites (N-methyl/N-ethyl adjacent to an activating group) is 1. The molecule has 20 heteroatoms. The second-order valence-corrected chi connectivity index (χ2v) is 20.7. The lowest BCUT2D eigenvalue weighted by molar-refractivity contribution is -0.112. The summed E-state index contributed by atoms with van der Waals surface area (Å²) in [4.78, 5) is 49.4. The zero-order valence-corrected chi connectivity index (χ0v) is 43.7. The van der Waals surface area contributed by atoms with Crippen LogP contribution >= 0.6 is 34.8 Å². The number of carbonyl (C=O) groups is 2. The van der Waals surface area contributed by atoms with Crippen molar-refractivity contribution in [3.63, 3.8) is 0 Å². The molecule has 0 bridgehead atoms. The van der Waals surface area contributed by atoms with Gasteiger partial charge in [-0.3, -0.25) is 9.59 Å². The number of ether oxygens (including phenoxy) is 2. The van der Waals surface area contributed by atoms with Crippen molar-refractivity contribution in [1.29, 1.82) is 0 Å². The minimum absolute atomic E-state index is 0.000438. The molecule has 2 aliphatic carbocycles. The molecule has 2 aliphatic heterocycles. The summed E-state index contributed by atoms with van der Waals surface area (Å²) in [6.07, 6.45) is 11.1. The topological polar surface area (TPSA) is 162 Å². The van der Waals surface area contributed by atoms with Gasteiger partial charge in [0.15, 0.2) is 0 Å². The smallest absolute Gasteiger partial charge is 0.248 e. The number of aromatic nitrogens is 4. The Morgan fingerprint density at radius 1 is 0.662 bits per heavy atom. The first kappa shape index (κ1) is 52.6. The maximum atomic E-state index is 13.6. The number of piperidine rings is 2. The van der Waals surface area contributed by atoms with Gasteiger partial charge in [0, 0.05) is 85.0 Å². The third-order valence-corrected chi connectivity index (χ3v) is 14.7. The molecule has 74 heavy (non-hydrogen) atoms. The molecular weight excluding hydrogens is 1010 g/mol. The van der Waals surface area contributed by atoms with Gasteiger partial charge in [-0.2, -0.15) is 0 Å². The maximum Gasteiger partial charge on any atom is 0.248 e. The summed E-state index contributed by atoms with van der Waals surface area (Å²) in [6.45, 7) is 6.41. The fourth-order valence-electron chi connectivity index (χ4n) is 10.3. The van der Waals surface area contributed by atoms with Crippen molar-refractivity contribution in [1.82, 2.24) is 34.6 Å². The molecule has 2 saturated carbocycles. The van der Waals surface area contributed by atoms with Gasteiger partial charge in [0.2, 0.25) is 11.8 Å². The van der Waals surface area contributed by atoms with E-state index in [0.29, 0.717) is 99.3 Å². The Bertz CT molecular complexity index is 3070. The summed E-state index contributed by atoms with van der Waals surface area (Å²) in [5, 5.41) is 13.5. The number of alkyl halides is 1. The maximum absolute atomic E-state index is 13.6. The van der Waals surface area contributed by atoms with E-state index in [1.807, 2.05) is 25.1 Å². The first-order chi connectivity index (χ1) is 35.7. The number of halogens is 5. The molecule has 388 valence electrons. The summed E-state index contributed by atoms with van der Waals surface area (Å²) in [5.41, 5.74) is 3.46. The van der Waals surface area contributed by atoms with Crippen LogP contribution in [0.4, 0.5) is 43.2 Å². The quantitative estimate of drug-likeness (QED) is 0.0448. The molecule has 15 nitrogen and oxygen atoms in total. The number of carbonyl (C=O) groups excluding carboxylic acids is 2. The van der Waals surface area contributed by atoms with E-state index in [-0.39, 0.29) is 27.7 Å². The third kappa shape index (κ3) is 13.0. The molecule has 4 aliphatic rings.